The molecule has 1 heterocycles. The predicted molar refractivity (Wildman–Crippen MR) is 79.8 cm³/mol. The summed E-state index contributed by atoms with van der Waals surface area (Å²) in [6.07, 6.45) is 0. The average Bonchev–Trinajstić information content (AvgIpc) is 2.85. The van der Waals surface area contributed by atoms with Crippen molar-refractivity contribution in [2.24, 2.45) is 0 Å². The number of aryl methyl sites for hydroxylation is 1. The van der Waals surface area contributed by atoms with Crippen molar-refractivity contribution in [2.75, 3.05) is 7.11 Å². The molecule has 0 amide bonds. The Morgan fingerprint density at radius 3 is 2.37 bits per heavy atom. The SMILES string of the molecule is COc1ccc([C@H](C)NC(C)c2scnc2C)cc1. The topological polar surface area (TPSA) is 34.1 Å². The van der Waals surface area contributed by atoms with E-state index in [-0.39, 0.29) is 0 Å². The number of aromatic nitrogens is 1. The first-order chi connectivity index (χ1) is 9.11. The zero-order valence-electron chi connectivity index (χ0n) is 11.8. The highest BCUT2D eigenvalue weighted by Crippen LogP contribution is 2.25. The molecule has 2 atom stereocenters. The van der Waals surface area contributed by atoms with E-state index in [0.29, 0.717) is 12.1 Å². The molecule has 19 heavy (non-hydrogen) atoms. The molecule has 0 bridgehead atoms. The van der Waals surface area contributed by atoms with Gasteiger partial charge in [0.1, 0.15) is 5.75 Å². The summed E-state index contributed by atoms with van der Waals surface area (Å²) in [7, 11) is 1.69. The van der Waals surface area contributed by atoms with Crippen molar-refractivity contribution in [1.29, 1.82) is 0 Å². The molecule has 3 nitrogen and oxygen atoms in total. The highest BCUT2D eigenvalue weighted by atomic mass is 32.1. The summed E-state index contributed by atoms with van der Waals surface area (Å²) in [5.74, 6) is 0.891. The lowest BCUT2D eigenvalue weighted by Crippen LogP contribution is -2.22. The number of nitrogens with zero attached hydrogens (tertiary/aromatic N) is 1. The molecule has 4 heteroatoms. The Labute approximate surface area is 118 Å². The lowest BCUT2D eigenvalue weighted by atomic mass is 10.1. The number of thiazole rings is 1. The van der Waals surface area contributed by atoms with Gasteiger partial charge in [-0.1, -0.05) is 12.1 Å². The lowest BCUT2D eigenvalue weighted by Gasteiger charge is -2.20. The Hall–Kier alpha value is -1.39. The summed E-state index contributed by atoms with van der Waals surface area (Å²) in [5.41, 5.74) is 4.28. The summed E-state index contributed by atoms with van der Waals surface area (Å²) in [6, 6.07) is 8.80. The highest BCUT2D eigenvalue weighted by Gasteiger charge is 2.14. The standard InChI is InChI=1S/C15H20N2OS/c1-10(13-5-7-14(18-4)8-6-13)17-12(3)15-11(2)16-9-19-15/h5-10,12,17H,1-4H3/t10-,12?/m0/s1. The van der Waals surface area contributed by atoms with E-state index < -0.39 is 0 Å². The van der Waals surface area contributed by atoms with Crippen LogP contribution < -0.4 is 10.1 Å². The molecule has 102 valence electrons. The number of ether oxygens (including phenoxy) is 1. The molecule has 0 aliphatic rings. The Morgan fingerprint density at radius 2 is 1.84 bits per heavy atom. The molecule has 1 aromatic heterocycles. The fourth-order valence-corrected chi connectivity index (χ4v) is 2.99. The maximum Gasteiger partial charge on any atom is 0.118 e. The maximum absolute atomic E-state index is 5.18. The van der Waals surface area contributed by atoms with Gasteiger partial charge in [-0.05, 0) is 38.5 Å². The molecule has 1 aromatic carbocycles. The molecule has 0 aliphatic carbocycles. The summed E-state index contributed by atoms with van der Waals surface area (Å²) in [4.78, 5) is 5.61. The molecule has 0 saturated carbocycles. The van der Waals surface area contributed by atoms with Crippen molar-refractivity contribution in [2.45, 2.75) is 32.9 Å². The smallest absolute Gasteiger partial charge is 0.118 e. The first kappa shape index (κ1) is 14.0. The molecule has 0 aliphatic heterocycles. The third kappa shape index (κ3) is 3.33. The maximum atomic E-state index is 5.18. The minimum absolute atomic E-state index is 0.294. The normalized spacial score (nSPS) is 14.1. The van der Waals surface area contributed by atoms with Crippen LogP contribution in [0.5, 0.6) is 5.75 Å². The van der Waals surface area contributed by atoms with Gasteiger partial charge < -0.3 is 10.1 Å². The number of benzene rings is 1. The van der Waals surface area contributed by atoms with Crippen LogP contribution in [0, 0.1) is 6.92 Å². The largest absolute Gasteiger partial charge is 0.497 e. The van der Waals surface area contributed by atoms with Gasteiger partial charge in [-0.15, -0.1) is 11.3 Å². The van der Waals surface area contributed by atoms with Gasteiger partial charge in [0.2, 0.25) is 0 Å². The van der Waals surface area contributed by atoms with Crippen molar-refractivity contribution in [1.82, 2.24) is 10.3 Å². The summed E-state index contributed by atoms with van der Waals surface area (Å²) in [5, 5.41) is 3.61. The second kappa shape index (κ2) is 6.17. The van der Waals surface area contributed by atoms with Gasteiger partial charge in [0.05, 0.1) is 18.3 Å². The van der Waals surface area contributed by atoms with E-state index in [0.717, 1.165) is 11.4 Å². The Balaban J connectivity index is 2.04. The van der Waals surface area contributed by atoms with Crippen molar-refractivity contribution in [3.05, 3.63) is 45.9 Å². The van der Waals surface area contributed by atoms with Gasteiger partial charge in [0.15, 0.2) is 0 Å². The zero-order valence-corrected chi connectivity index (χ0v) is 12.6. The third-order valence-electron chi connectivity index (χ3n) is 3.29. The van der Waals surface area contributed by atoms with Crippen LogP contribution in [0.2, 0.25) is 0 Å². The van der Waals surface area contributed by atoms with Gasteiger partial charge >= 0.3 is 0 Å². The second-order valence-electron chi connectivity index (χ2n) is 4.69. The Morgan fingerprint density at radius 1 is 1.16 bits per heavy atom. The van der Waals surface area contributed by atoms with Crippen LogP contribution in [0.25, 0.3) is 0 Å². The second-order valence-corrected chi connectivity index (χ2v) is 5.57. The monoisotopic (exact) mass is 276 g/mol. The first-order valence-electron chi connectivity index (χ1n) is 6.41. The van der Waals surface area contributed by atoms with Gasteiger partial charge in [0, 0.05) is 17.0 Å². The van der Waals surface area contributed by atoms with E-state index in [4.69, 9.17) is 4.74 Å². The number of nitrogens with one attached hydrogen (secondary N) is 1. The molecule has 0 spiro atoms. The van der Waals surface area contributed by atoms with Crippen LogP contribution in [0.1, 0.15) is 42.1 Å². The van der Waals surface area contributed by atoms with Gasteiger partial charge in [-0.25, -0.2) is 4.98 Å². The number of methoxy groups -OCH3 is 1. The van der Waals surface area contributed by atoms with Gasteiger partial charge in [-0.2, -0.15) is 0 Å². The molecule has 1 N–H and O–H groups in total. The van der Waals surface area contributed by atoms with Crippen molar-refractivity contribution in [3.8, 4) is 5.75 Å². The van der Waals surface area contributed by atoms with Gasteiger partial charge in [0.25, 0.3) is 0 Å². The summed E-state index contributed by atoms with van der Waals surface area (Å²) >= 11 is 1.71. The van der Waals surface area contributed by atoms with Crippen molar-refractivity contribution >= 4 is 11.3 Å². The minimum Gasteiger partial charge on any atom is -0.497 e. The minimum atomic E-state index is 0.294. The Kier molecular flexibility index (Phi) is 4.56. The average molecular weight is 276 g/mol. The first-order valence-corrected chi connectivity index (χ1v) is 7.29. The van der Waals surface area contributed by atoms with Crippen LogP contribution >= 0.6 is 11.3 Å². The quantitative estimate of drug-likeness (QED) is 0.900. The van der Waals surface area contributed by atoms with E-state index >= 15 is 0 Å². The molecule has 0 saturated heterocycles. The third-order valence-corrected chi connectivity index (χ3v) is 4.41. The van der Waals surface area contributed by atoms with E-state index in [1.165, 1.54) is 10.4 Å². The fourth-order valence-electron chi connectivity index (χ4n) is 2.17. The van der Waals surface area contributed by atoms with Crippen molar-refractivity contribution in [3.63, 3.8) is 0 Å². The van der Waals surface area contributed by atoms with Crippen LogP contribution in [0.15, 0.2) is 29.8 Å². The predicted octanol–water partition coefficient (Wildman–Crippen LogP) is 3.87. The molecule has 2 rings (SSSR count). The van der Waals surface area contributed by atoms with E-state index in [1.54, 1.807) is 18.4 Å². The number of hydrogen-bond donors (Lipinski definition) is 1. The number of rotatable bonds is 5. The lowest BCUT2D eigenvalue weighted by molar-refractivity contribution is 0.414. The summed E-state index contributed by atoms with van der Waals surface area (Å²) < 4.78 is 5.18. The van der Waals surface area contributed by atoms with Crippen LogP contribution in [-0.4, -0.2) is 12.1 Å². The fraction of sp³-hybridized carbons (Fsp3) is 0.400. The van der Waals surface area contributed by atoms with Crippen molar-refractivity contribution < 1.29 is 4.74 Å². The molecule has 1 unspecified atom stereocenters. The van der Waals surface area contributed by atoms with Crippen LogP contribution in [0.3, 0.4) is 0 Å². The van der Waals surface area contributed by atoms with Gasteiger partial charge in [-0.3, -0.25) is 0 Å². The van der Waals surface area contributed by atoms with E-state index in [2.05, 4.69) is 43.2 Å². The van der Waals surface area contributed by atoms with E-state index in [1.807, 2.05) is 17.6 Å². The highest BCUT2D eigenvalue weighted by molar-refractivity contribution is 7.09. The van der Waals surface area contributed by atoms with Crippen LogP contribution in [0.4, 0.5) is 0 Å². The summed E-state index contributed by atoms with van der Waals surface area (Å²) in [6.45, 7) is 6.41. The molecular weight excluding hydrogens is 256 g/mol. The Bertz CT molecular complexity index is 521. The zero-order chi connectivity index (χ0) is 13.8. The van der Waals surface area contributed by atoms with Crippen LogP contribution in [-0.2, 0) is 0 Å². The molecular formula is C15H20N2OS. The van der Waals surface area contributed by atoms with E-state index in [9.17, 15) is 0 Å². The molecule has 2 aromatic rings. The number of hydrogen-bond acceptors (Lipinski definition) is 4. The molecule has 0 fully saturated rings. The molecule has 0 radical (unpaired) electrons.